The van der Waals surface area contributed by atoms with Gasteiger partial charge in [-0.15, -0.1) is 0 Å². The molecular weight excluding hydrogens is 330 g/mol. The van der Waals surface area contributed by atoms with Crippen molar-refractivity contribution < 1.29 is 9.26 Å². The molecule has 1 aromatic carbocycles. The number of rotatable bonds is 6. The Bertz CT molecular complexity index is 716. The summed E-state index contributed by atoms with van der Waals surface area (Å²) in [6.45, 7) is 6.87. The van der Waals surface area contributed by atoms with Gasteiger partial charge >= 0.3 is 0 Å². The summed E-state index contributed by atoms with van der Waals surface area (Å²) in [6.07, 6.45) is 0.961. The van der Waals surface area contributed by atoms with E-state index in [-0.39, 0.29) is 6.10 Å². The van der Waals surface area contributed by atoms with Crippen molar-refractivity contribution in [3.8, 4) is 0 Å². The number of guanidine groups is 1. The van der Waals surface area contributed by atoms with Crippen LogP contribution in [0.5, 0.6) is 0 Å². The van der Waals surface area contributed by atoms with E-state index in [4.69, 9.17) is 9.26 Å². The van der Waals surface area contributed by atoms with Gasteiger partial charge in [0.2, 0.25) is 5.89 Å². The zero-order valence-corrected chi connectivity index (χ0v) is 15.7. The highest BCUT2D eigenvalue weighted by Gasteiger charge is 2.26. The third kappa shape index (κ3) is 4.40. The Morgan fingerprint density at radius 3 is 2.96 bits per heavy atom. The van der Waals surface area contributed by atoms with E-state index in [1.165, 1.54) is 5.56 Å². The number of likely N-dealkylation sites (tertiary alicyclic amines) is 1. The van der Waals surface area contributed by atoms with Crippen LogP contribution in [0.2, 0.25) is 0 Å². The molecule has 1 fully saturated rings. The van der Waals surface area contributed by atoms with Crippen LogP contribution in [0.1, 0.15) is 49.6 Å². The summed E-state index contributed by atoms with van der Waals surface area (Å²) < 4.78 is 10.8. The Kier molecular flexibility index (Phi) is 6.22. The first kappa shape index (κ1) is 18.4. The SMILES string of the molecule is CCOC(C)c1noc(CNC(=NC)N2CCC(c3ccccc3)C2)n1. The van der Waals surface area contributed by atoms with Gasteiger partial charge in [0.25, 0.3) is 0 Å². The second kappa shape index (κ2) is 8.80. The molecule has 1 N–H and O–H groups in total. The lowest BCUT2D eigenvalue weighted by atomic mass is 9.99. The highest BCUT2D eigenvalue weighted by atomic mass is 16.5. The zero-order valence-electron chi connectivity index (χ0n) is 15.7. The van der Waals surface area contributed by atoms with Crippen molar-refractivity contribution in [2.75, 3.05) is 26.7 Å². The first-order valence-corrected chi connectivity index (χ1v) is 9.15. The third-order valence-electron chi connectivity index (χ3n) is 4.63. The number of aliphatic imine (C=N–C) groups is 1. The van der Waals surface area contributed by atoms with E-state index in [0.29, 0.717) is 30.8 Å². The molecule has 0 saturated carbocycles. The van der Waals surface area contributed by atoms with Crippen molar-refractivity contribution in [2.45, 2.75) is 38.8 Å². The molecule has 0 amide bonds. The third-order valence-corrected chi connectivity index (χ3v) is 4.63. The number of nitrogens with zero attached hydrogens (tertiary/aromatic N) is 4. The van der Waals surface area contributed by atoms with Gasteiger partial charge in [0, 0.05) is 32.7 Å². The molecule has 1 aliphatic rings. The van der Waals surface area contributed by atoms with Gasteiger partial charge in [-0.25, -0.2) is 0 Å². The molecule has 1 saturated heterocycles. The zero-order chi connectivity index (χ0) is 18.4. The van der Waals surface area contributed by atoms with Gasteiger partial charge in [-0.05, 0) is 25.8 Å². The Hall–Kier alpha value is -2.41. The van der Waals surface area contributed by atoms with Crippen molar-refractivity contribution in [1.29, 1.82) is 0 Å². The van der Waals surface area contributed by atoms with Gasteiger partial charge in [-0.2, -0.15) is 4.98 Å². The molecule has 0 radical (unpaired) electrons. The molecule has 0 bridgehead atoms. The number of nitrogens with one attached hydrogen (secondary N) is 1. The van der Waals surface area contributed by atoms with E-state index in [2.05, 4.69) is 55.7 Å². The van der Waals surface area contributed by atoms with E-state index in [1.807, 2.05) is 13.8 Å². The highest BCUT2D eigenvalue weighted by molar-refractivity contribution is 5.80. The topological polar surface area (TPSA) is 75.8 Å². The standard InChI is InChI=1S/C19H27N5O2/c1-4-25-14(2)18-22-17(26-23-18)12-21-19(20-3)24-11-10-16(13-24)15-8-6-5-7-9-15/h5-9,14,16H,4,10-13H2,1-3H3,(H,20,21). The molecule has 26 heavy (non-hydrogen) atoms. The lowest BCUT2D eigenvalue weighted by molar-refractivity contribution is 0.0683. The van der Waals surface area contributed by atoms with Gasteiger partial charge in [-0.1, -0.05) is 35.5 Å². The summed E-state index contributed by atoms with van der Waals surface area (Å²) >= 11 is 0. The fourth-order valence-electron chi connectivity index (χ4n) is 3.27. The highest BCUT2D eigenvalue weighted by Crippen LogP contribution is 2.26. The van der Waals surface area contributed by atoms with Gasteiger partial charge in [0.1, 0.15) is 6.10 Å². The summed E-state index contributed by atoms with van der Waals surface area (Å²) in [4.78, 5) is 11.1. The van der Waals surface area contributed by atoms with E-state index < -0.39 is 0 Å². The smallest absolute Gasteiger partial charge is 0.246 e. The molecule has 3 rings (SSSR count). The van der Waals surface area contributed by atoms with Crippen LogP contribution in [0.25, 0.3) is 0 Å². The molecule has 0 spiro atoms. The van der Waals surface area contributed by atoms with E-state index in [0.717, 1.165) is 25.5 Å². The number of hydrogen-bond donors (Lipinski definition) is 1. The predicted molar refractivity (Wildman–Crippen MR) is 99.9 cm³/mol. The molecule has 2 atom stereocenters. The number of benzene rings is 1. The van der Waals surface area contributed by atoms with Crippen LogP contribution in [-0.4, -0.2) is 47.7 Å². The van der Waals surface area contributed by atoms with Gasteiger partial charge < -0.3 is 19.5 Å². The Morgan fingerprint density at radius 2 is 2.23 bits per heavy atom. The van der Waals surface area contributed by atoms with Crippen LogP contribution in [0.15, 0.2) is 39.8 Å². The number of aromatic nitrogens is 2. The quantitative estimate of drug-likeness (QED) is 0.633. The second-order valence-corrected chi connectivity index (χ2v) is 6.39. The van der Waals surface area contributed by atoms with Crippen LogP contribution in [0, 0.1) is 0 Å². The Labute approximate surface area is 154 Å². The second-order valence-electron chi connectivity index (χ2n) is 6.39. The summed E-state index contributed by atoms with van der Waals surface area (Å²) in [6, 6.07) is 10.7. The minimum atomic E-state index is -0.165. The first-order valence-electron chi connectivity index (χ1n) is 9.15. The minimum absolute atomic E-state index is 0.165. The molecule has 2 heterocycles. The fraction of sp³-hybridized carbons (Fsp3) is 0.526. The molecule has 0 aliphatic carbocycles. The van der Waals surface area contributed by atoms with Crippen LogP contribution >= 0.6 is 0 Å². The van der Waals surface area contributed by atoms with Crippen LogP contribution < -0.4 is 5.32 Å². The van der Waals surface area contributed by atoms with E-state index in [1.54, 1.807) is 7.05 Å². The molecule has 7 heteroatoms. The lowest BCUT2D eigenvalue weighted by Crippen LogP contribution is -2.39. The van der Waals surface area contributed by atoms with Crippen molar-refractivity contribution in [1.82, 2.24) is 20.4 Å². The predicted octanol–water partition coefficient (Wildman–Crippen LogP) is 2.73. The van der Waals surface area contributed by atoms with Gasteiger partial charge in [0.05, 0.1) is 6.54 Å². The molecule has 140 valence electrons. The summed E-state index contributed by atoms with van der Waals surface area (Å²) in [5, 5.41) is 7.31. The number of hydrogen-bond acceptors (Lipinski definition) is 5. The lowest BCUT2D eigenvalue weighted by Gasteiger charge is -2.21. The summed E-state index contributed by atoms with van der Waals surface area (Å²) in [5.74, 6) is 2.51. The van der Waals surface area contributed by atoms with E-state index >= 15 is 0 Å². The monoisotopic (exact) mass is 357 g/mol. The summed E-state index contributed by atoms with van der Waals surface area (Å²) in [7, 11) is 1.80. The van der Waals surface area contributed by atoms with E-state index in [9.17, 15) is 0 Å². The molecule has 1 aromatic heterocycles. The summed E-state index contributed by atoms with van der Waals surface area (Å²) in [5.41, 5.74) is 1.39. The maximum absolute atomic E-state index is 5.49. The average Bonchev–Trinajstić information content (AvgIpc) is 3.33. The van der Waals surface area contributed by atoms with Crippen LogP contribution in [-0.2, 0) is 11.3 Å². The van der Waals surface area contributed by atoms with Crippen molar-refractivity contribution in [3.05, 3.63) is 47.6 Å². The minimum Gasteiger partial charge on any atom is -0.371 e. The van der Waals surface area contributed by atoms with Crippen LogP contribution in [0.3, 0.4) is 0 Å². The van der Waals surface area contributed by atoms with Crippen molar-refractivity contribution in [3.63, 3.8) is 0 Å². The molecule has 2 unspecified atom stereocenters. The van der Waals surface area contributed by atoms with Gasteiger partial charge in [-0.3, -0.25) is 4.99 Å². The Morgan fingerprint density at radius 1 is 1.42 bits per heavy atom. The van der Waals surface area contributed by atoms with Crippen molar-refractivity contribution in [2.24, 2.45) is 4.99 Å². The molecule has 1 aliphatic heterocycles. The van der Waals surface area contributed by atoms with Crippen LogP contribution in [0.4, 0.5) is 0 Å². The first-order chi connectivity index (χ1) is 12.7. The maximum atomic E-state index is 5.49. The Balaban J connectivity index is 1.54. The van der Waals surface area contributed by atoms with Gasteiger partial charge in [0.15, 0.2) is 11.8 Å². The van der Waals surface area contributed by atoms with Crippen molar-refractivity contribution >= 4 is 5.96 Å². The fourth-order valence-corrected chi connectivity index (χ4v) is 3.27. The number of ether oxygens (including phenoxy) is 1. The largest absolute Gasteiger partial charge is 0.371 e. The average molecular weight is 357 g/mol. The molecular formula is C19H27N5O2. The molecule has 7 nitrogen and oxygen atoms in total. The maximum Gasteiger partial charge on any atom is 0.246 e. The normalized spacial score (nSPS) is 19.0. The molecule has 2 aromatic rings.